The van der Waals surface area contributed by atoms with Crippen LogP contribution in [0.4, 0.5) is 10.2 Å². The maximum absolute atomic E-state index is 13.6. The van der Waals surface area contributed by atoms with E-state index in [1.807, 2.05) is 6.92 Å². The predicted molar refractivity (Wildman–Crippen MR) is 101 cm³/mol. The van der Waals surface area contributed by atoms with E-state index in [4.69, 9.17) is 9.72 Å². The Kier molecular flexibility index (Phi) is 6.04. The van der Waals surface area contributed by atoms with Crippen LogP contribution in [0.3, 0.4) is 0 Å². The molecule has 0 unspecified atom stereocenters. The van der Waals surface area contributed by atoms with Crippen molar-refractivity contribution in [1.29, 1.82) is 0 Å². The van der Waals surface area contributed by atoms with E-state index in [0.29, 0.717) is 18.3 Å². The van der Waals surface area contributed by atoms with Crippen LogP contribution in [-0.2, 0) is 0 Å². The molecular formula is C20H27FN4O. The van der Waals surface area contributed by atoms with E-state index in [-0.39, 0.29) is 5.82 Å². The van der Waals surface area contributed by atoms with Crippen molar-refractivity contribution in [3.8, 4) is 5.75 Å². The van der Waals surface area contributed by atoms with Crippen molar-refractivity contribution >= 4 is 5.82 Å². The largest absolute Gasteiger partial charge is 0.489 e. The summed E-state index contributed by atoms with van der Waals surface area (Å²) in [6.07, 6.45) is 0. The van der Waals surface area contributed by atoms with Gasteiger partial charge in [0.1, 0.15) is 18.2 Å². The molecule has 0 bridgehead atoms. The number of aromatic nitrogens is 2. The molecule has 0 N–H and O–H groups in total. The van der Waals surface area contributed by atoms with Crippen LogP contribution in [0.25, 0.3) is 0 Å². The number of anilines is 1. The molecular weight excluding hydrogens is 331 g/mol. The third-order valence-corrected chi connectivity index (χ3v) is 4.57. The summed E-state index contributed by atoms with van der Waals surface area (Å²) in [5, 5.41) is 0. The van der Waals surface area contributed by atoms with E-state index in [1.54, 1.807) is 18.2 Å². The quantitative estimate of drug-likeness (QED) is 0.793. The zero-order chi connectivity index (χ0) is 18.5. The van der Waals surface area contributed by atoms with Crippen molar-refractivity contribution in [2.75, 3.05) is 44.2 Å². The first-order valence-electron chi connectivity index (χ1n) is 9.23. The van der Waals surface area contributed by atoms with Crippen LogP contribution in [0.5, 0.6) is 5.75 Å². The highest BCUT2D eigenvalue weighted by molar-refractivity contribution is 5.40. The van der Waals surface area contributed by atoms with Crippen LogP contribution in [-0.4, -0.2) is 54.2 Å². The molecule has 0 radical (unpaired) electrons. The van der Waals surface area contributed by atoms with Gasteiger partial charge < -0.3 is 9.64 Å². The summed E-state index contributed by atoms with van der Waals surface area (Å²) in [5.41, 5.74) is 1.01. The SMILES string of the molecule is Cc1cc(N2CCN(CCOc3ccccc3F)CC2)nc(C(C)C)n1. The van der Waals surface area contributed by atoms with Gasteiger partial charge in [-0.2, -0.15) is 0 Å². The van der Waals surface area contributed by atoms with E-state index in [0.717, 1.165) is 50.1 Å². The van der Waals surface area contributed by atoms with E-state index in [9.17, 15) is 4.39 Å². The van der Waals surface area contributed by atoms with E-state index >= 15 is 0 Å². The van der Waals surface area contributed by atoms with Gasteiger partial charge in [-0.05, 0) is 19.1 Å². The molecule has 0 saturated carbocycles. The molecule has 3 rings (SSSR count). The summed E-state index contributed by atoms with van der Waals surface area (Å²) in [4.78, 5) is 13.9. The van der Waals surface area contributed by atoms with Crippen molar-refractivity contribution in [3.63, 3.8) is 0 Å². The second-order valence-corrected chi connectivity index (χ2v) is 6.99. The molecule has 1 fully saturated rings. The maximum atomic E-state index is 13.6. The molecule has 0 atom stereocenters. The average Bonchev–Trinajstić information content (AvgIpc) is 2.63. The number of para-hydroxylation sites is 1. The summed E-state index contributed by atoms with van der Waals surface area (Å²) in [5.74, 6) is 2.26. The first-order chi connectivity index (χ1) is 12.5. The number of piperazine rings is 1. The number of rotatable bonds is 6. The van der Waals surface area contributed by atoms with Crippen LogP contribution in [0.15, 0.2) is 30.3 Å². The van der Waals surface area contributed by atoms with Crippen molar-refractivity contribution in [2.45, 2.75) is 26.7 Å². The summed E-state index contributed by atoms with van der Waals surface area (Å²) >= 11 is 0. The van der Waals surface area contributed by atoms with Gasteiger partial charge in [-0.15, -0.1) is 0 Å². The average molecular weight is 358 g/mol. The van der Waals surface area contributed by atoms with Crippen LogP contribution < -0.4 is 9.64 Å². The standard InChI is InChI=1S/C20H27FN4O/c1-15(2)20-22-16(3)14-19(23-20)25-10-8-24(9-11-25)12-13-26-18-7-5-4-6-17(18)21/h4-7,14-15H,8-13H2,1-3H3. The fourth-order valence-corrected chi connectivity index (χ4v) is 3.04. The third-order valence-electron chi connectivity index (χ3n) is 4.57. The number of nitrogens with zero attached hydrogens (tertiary/aromatic N) is 4. The Labute approximate surface area is 154 Å². The van der Waals surface area contributed by atoms with E-state index in [2.05, 4.69) is 34.7 Å². The highest BCUT2D eigenvalue weighted by Crippen LogP contribution is 2.19. The van der Waals surface area contributed by atoms with E-state index < -0.39 is 0 Å². The second kappa shape index (κ2) is 8.45. The van der Waals surface area contributed by atoms with Crippen molar-refractivity contribution < 1.29 is 9.13 Å². The van der Waals surface area contributed by atoms with Gasteiger partial charge >= 0.3 is 0 Å². The van der Waals surface area contributed by atoms with Gasteiger partial charge in [0.25, 0.3) is 0 Å². The highest BCUT2D eigenvalue weighted by atomic mass is 19.1. The fourth-order valence-electron chi connectivity index (χ4n) is 3.04. The van der Waals surface area contributed by atoms with Crippen LogP contribution >= 0.6 is 0 Å². The van der Waals surface area contributed by atoms with E-state index in [1.165, 1.54) is 6.07 Å². The van der Waals surface area contributed by atoms with Crippen molar-refractivity contribution in [2.24, 2.45) is 0 Å². The lowest BCUT2D eigenvalue weighted by Gasteiger charge is -2.35. The Balaban J connectivity index is 1.49. The van der Waals surface area contributed by atoms with Gasteiger partial charge in [0.15, 0.2) is 11.6 Å². The number of benzene rings is 1. The third kappa shape index (κ3) is 4.69. The Morgan fingerprint density at radius 3 is 2.54 bits per heavy atom. The van der Waals surface area contributed by atoms with Gasteiger partial charge in [0, 0.05) is 50.4 Å². The number of hydrogen-bond donors (Lipinski definition) is 0. The normalized spacial score (nSPS) is 15.5. The molecule has 5 nitrogen and oxygen atoms in total. The monoisotopic (exact) mass is 358 g/mol. The summed E-state index contributed by atoms with van der Waals surface area (Å²) in [6, 6.07) is 8.59. The fraction of sp³-hybridized carbons (Fsp3) is 0.500. The first kappa shape index (κ1) is 18.6. The zero-order valence-corrected chi connectivity index (χ0v) is 15.8. The lowest BCUT2D eigenvalue weighted by molar-refractivity contribution is 0.196. The lowest BCUT2D eigenvalue weighted by atomic mass is 10.2. The summed E-state index contributed by atoms with van der Waals surface area (Å²) in [7, 11) is 0. The molecule has 1 aromatic heterocycles. The smallest absolute Gasteiger partial charge is 0.165 e. The molecule has 0 spiro atoms. The molecule has 0 aliphatic carbocycles. The topological polar surface area (TPSA) is 41.5 Å². The molecule has 2 aromatic rings. The molecule has 6 heteroatoms. The predicted octanol–water partition coefficient (Wildman–Crippen LogP) is 3.25. The van der Waals surface area contributed by atoms with Gasteiger partial charge in [-0.1, -0.05) is 26.0 Å². The number of halogens is 1. The minimum absolute atomic E-state index is 0.308. The molecule has 1 aliphatic rings. The lowest BCUT2D eigenvalue weighted by Crippen LogP contribution is -2.47. The van der Waals surface area contributed by atoms with Crippen LogP contribution in [0.2, 0.25) is 0 Å². The van der Waals surface area contributed by atoms with Crippen molar-refractivity contribution in [1.82, 2.24) is 14.9 Å². The minimum atomic E-state index is -0.308. The Morgan fingerprint density at radius 2 is 1.85 bits per heavy atom. The second-order valence-electron chi connectivity index (χ2n) is 6.99. The molecule has 140 valence electrons. The Morgan fingerprint density at radius 1 is 1.12 bits per heavy atom. The Hall–Kier alpha value is -2.21. The number of ether oxygens (including phenoxy) is 1. The molecule has 2 heterocycles. The maximum Gasteiger partial charge on any atom is 0.165 e. The van der Waals surface area contributed by atoms with Crippen LogP contribution in [0, 0.1) is 12.7 Å². The zero-order valence-electron chi connectivity index (χ0n) is 15.8. The number of aryl methyl sites for hydroxylation is 1. The summed E-state index contributed by atoms with van der Waals surface area (Å²) < 4.78 is 19.1. The molecule has 0 amide bonds. The van der Waals surface area contributed by atoms with Gasteiger partial charge in [0.2, 0.25) is 0 Å². The molecule has 1 saturated heterocycles. The minimum Gasteiger partial charge on any atom is -0.489 e. The highest BCUT2D eigenvalue weighted by Gasteiger charge is 2.19. The van der Waals surface area contributed by atoms with Gasteiger partial charge in [-0.3, -0.25) is 4.90 Å². The Bertz CT molecular complexity index is 730. The molecule has 26 heavy (non-hydrogen) atoms. The van der Waals surface area contributed by atoms with Crippen LogP contribution in [0.1, 0.15) is 31.3 Å². The van der Waals surface area contributed by atoms with Gasteiger partial charge in [0.05, 0.1) is 0 Å². The molecule has 1 aromatic carbocycles. The summed E-state index contributed by atoms with van der Waals surface area (Å²) in [6.45, 7) is 11.3. The molecule has 1 aliphatic heterocycles. The van der Waals surface area contributed by atoms with Gasteiger partial charge in [-0.25, -0.2) is 14.4 Å². The number of hydrogen-bond acceptors (Lipinski definition) is 5. The van der Waals surface area contributed by atoms with Crippen molar-refractivity contribution in [3.05, 3.63) is 47.7 Å². The first-order valence-corrected chi connectivity index (χ1v) is 9.23.